The maximum Gasteiger partial charge on any atom is 0.221 e. The van der Waals surface area contributed by atoms with E-state index < -0.39 is 0 Å². The van der Waals surface area contributed by atoms with Gasteiger partial charge in [-0.05, 0) is 25.1 Å². The molecule has 0 aliphatic carbocycles. The number of thiazole rings is 1. The van der Waals surface area contributed by atoms with Gasteiger partial charge in [0.25, 0.3) is 0 Å². The van der Waals surface area contributed by atoms with Crippen LogP contribution in [-0.2, 0) is 11.8 Å². The molecule has 0 unspecified atom stereocenters. The van der Waals surface area contributed by atoms with Gasteiger partial charge in [-0.1, -0.05) is 30.3 Å². The van der Waals surface area contributed by atoms with E-state index in [1.807, 2.05) is 48.0 Å². The number of carbonyl (C=O) groups is 1. The molecule has 2 N–H and O–H groups in total. The third kappa shape index (κ3) is 3.90. The summed E-state index contributed by atoms with van der Waals surface area (Å²) in [5, 5.41) is 11.0. The normalized spacial score (nSPS) is 11.3. The Bertz CT molecular complexity index is 1200. The predicted molar refractivity (Wildman–Crippen MR) is 121 cm³/mol. The topological polar surface area (TPSA) is 71.3 Å². The van der Waals surface area contributed by atoms with E-state index in [1.165, 1.54) is 29.2 Å². The van der Waals surface area contributed by atoms with Crippen molar-refractivity contribution in [3.8, 4) is 11.3 Å². The Morgan fingerprint density at radius 1 is 1.17 bits per heavy atom. The highest BCUT2D eigenvalue weighted by molar-refractivity contribution is 7.14. The lowest BCUT2D eigenvalue weighted by Gasteiger charge is -2.02. The average molecular weight is 404 g/mol. The van der Waals surface area contributed by atoms with Crippen molar-refractivity contribution in [3.63, 3.8) is 0 Å². The smallest absolute Gasteiger partial charge is 0.221 e. The third-order valence-electron chi connectivity index (χ3n) is 4.81. The number of aryl methyl sites for hydroxylation is 1. The quantitative estimate of drug-likeness (QED) is 0.363. The first-order valence-electron chi connectivity index (χ1n) is 9.19. The van der Waals surface area contributed by atoms with E-state index in [1.54, 1.807) is 0 Å². The van der Waals surface area contributed by atoms with E-state index in [-0.39, 0.29) is 5.91 Å². The van der Waals surface area contributed by atoms with Gasteiger partial charge in [0, 0.05) is 52.8 Å². The summed E-state index contributed by atoms with van der Waals surface area (Å²) in [5.41, 5.74) is 9.10. The zero-order valence-electron chi connectivity index (χ0n) is 16.4. The molecule has 2 aromatic carbocycles. The van der Waals surface area contributed by atoms with Crippen molar-refractivity contribution >= 4 is 45.2 Å². The van der Waals surface area contributed by atoms with Crippen LogP contribution in [0, 0.1) is 6.92 Å². The van der Waals surface area contributed by atoms with E-state index in [4.69, 9.17) is 0 Å². The Balaban J connectivity index is 1.49. The number of carbonyl (C=O) groups excluding carboxylic acids is 1. The number of hydrazone groups is 1. The molecule has 1 amide bonds. The summed E-state index contributed by atoms with van der Waals surface area (Å²) in [6, 6.07) is 15.9. The van der Waals surface area contributed by atoms with E-state index >= 15 is 0 Å². The molecule has 0 aliphatic heterocycles. The minimum absolute atomic E-state index is 0.0859. The molecule has 2 heterocycles. The molecular weight excluding hydrogens is 382 g/mol. The van der Waals surface area contributed by atoms with E-state index in [0.29, 0.717) is 0 Å². The third-order valence-corrected chi connectivity index (χ3v) is 5.55. The number of hydrogen-bond donors (Lipinski definition) is 2. The van der Waals surface area contributed by atoms with E-state index in [2.05, 4.69) is 51.5 Å². The molecule has 7 heteroatoms. The molecule has 2 aromatic heterocycles. The van der Waals surface area contributed by atoms with Crippen LogP contribution in [0.5, 0.6) is 0 Å². The van der Waals surface area contributed by atoms with Crippen LogP contribution in [0.1, 0.15) is 18.2 Å². The van der Waals surface area contributed by atoms with Crippen LogP contribution < -0.4 is 10.7 Å². The fourth-order valence-corrected chi connectivity index (χ4v) is 3.92. The van der Waals surface area contributed by atoms with Gasteiger partial charge in [-0.15, -0.1) is 11.3 Å². The highest BCUT2D eigenvalue weighted by Gasteiger charge is 2.09. The van der Waals surface area contributed by atoms with Crippen molar-refractivity contribution in [1.29, 1.82) is 0 Å². The van der Waals surface area contributed by atoms with Crippen LogP contribution in [0.15, 0.2) is 59.0 Å². The zero-order valence-corrected chi connectivity index (χ0v) is 17.2. The number of amides is 1. The molecule has 6 nitrogen and oxygen atoms in total. The zero-order chi connectivity index (χ0) is 20.4. The van der Waals surface area contributed by atoms with Gasteiger partial charge in [-0.3, -0.25) is 10.2 Å². The molecule has 0 fully saturated rings. The lowest BCUT2D eigenvalue weighted by atomic mass is 10.1. The van der Waals surface area contributed by atoms with Crippen molar-refractivity contribution in [2.75, 3.05) is 10.7 Å². The minimum Gasteiger partial charge on any atom is -0.347 e. The Labute approximate surface area is 172 Å². The minimum atomic E-state index is -0.0859. The number of nitrogens with zero attached hydrogens (tertiary/aromatic N) is 3. The molecule has 0 atom stereocenters. The van der Waals surface area contributed by atoms with Crippen LogP contribution in [0.25, 0.3) is 22.2 Å². The standard InChI is InChI=1S/C22H21N5OS/c1-14-19(18-6-4-5-7-21(18)27(14)3)12-23-26-22-25-20(13-29-22)16-8-10-17(11-9-16)24-15(2)28/h4-13H,1-3H3,(H,24,28)(H,25,26)/b23-12-. The van der Waals surface area contributed by atoms with Crippen LogP contribution in [0.4, 0.5) is 10.8 Å². The number of rotatable bonds is 5. The molecule has 0 radical (unpaired) electrons. The number of benzene rings is 2. The maximum absolute atomic E-state index is 11.1. The second kappa shape index (κ2) is 7.89. The number of aromatic nitrogens is 2. The largest absolute Gasteiger partial charge is 0.347 e. The molecule has 0 aliphatic rings. The fourth-order valence-electron chi connectivity index (χ4n) is 3.25. The number of nitrogens with one attached hydrogen (secondary N) is 2. The first-order chi connectivity index (χ1) is 14.0. The Hall–Kier alpha value is -3.45. The number of para-hydroxylation sites is 1. The molecule has 0 saturated heterocycles. The summed E-state index contributed by atoms with van der Waals surface area (Å²) in [6.07, 6.45) is 1.85. The second-order valence-electron chi connectivity index (χ2n) is 6.74. The summed E-state index contributed by atoms with van der Waals surface area (Å²) in [4.78, 5) is 15.7. The van der Waals surface area contributed by atoms with Crippen LogP contribution in [0.2, 0.25) is 0 Å². The van der Waals surface area contributed by atoms with Crippen LogP contribution in [0.3, 0.4) is 0 Å². The summed E-state index contributed by atoms with van der Waals surface area (Å²) in [6.45, 7) is 3.58. The van der Waals surface area contributed by atoms with Gasteiger partial charge in [-0.25, -0.2) is 4.98 Å². The van der Waals surface area contributed by atoms with E-state index in [0.717, 1.165) is 33.3 Å². The lowest BCUT2D eigenvalue weighted by molar-refractivity contribution is -0.114. The molecule has 146 valence electrons. The molecule has 29 heavy (non-hydrogen) atoms. The molecule has 0 spiro atoms. The lowest BCUT2D eigenvalue weighted by Crippen LogP contribution is -2.05. The summed E-state index contributed by atoms with van der Waals surface area (Å²) >= 11 is 1.50. The van der Waals surface area contributed by atoms with Crippen LogP contribution >= 0.6 is 11.3 Å². The van der Waals surface area contributed by atoms with E-state index in [9.17, 15) is 4.79 Å². The van der Waals surface area contributed by atoms with Crippen molar-refractivity contribution in [2.24, 2.45) is 12.1 Å². The molecule has 4 aromatic rings. The van der Waals surface area contributed by atoms with Gasteiger partial charge in [0.2, 0.25) is 11.0 Å². The predicted octanol–water partition coefficient (Wildman–Crippen LogP) is 5.01. The molecular formula is C22H21N5OS. The highest BCUT2D eigenvalue weighted by Crippen LogP contribution is 2.26. The van der Waals surface area contributed by atoms with Crippen LogP contribution in [-0.4, -0.2) is 21.7 Å². The summed E-state index contributed by atoms with van der Waals surface area (Å²) in [7, 11) is 2.06. The maximum atomic E-state index is 11.1. The van der Waals surface area contributed by atoms with Gasteiger partial charge in [0.15, 0.2) is 0 Å². The SMILES string of the molecule is CC(=O)Nc1ccc(-c2csc(N/N=C\c3c(C)n(C)c4ccccc34)n2)cc1. The van der Waals surface area contributed by atoms with Crippen molar-refractivity contribution in [2.45, 2.75) is 13.8 Å². The molecule has 4 rings (SSSR count). The first-order valence-corrected chi connectivity index (χ1v) is 10.1. The van der Waals surface area contributed by atoms with Gasteiger partial charge in [0.1, 0.15) is 0 Å². The average Bonchev–Trinajstić information content (AvgIpc) is 3.27. The second-order valence-corrected chi connectivity index (χ2v) is 7.60. The monoisotopic (exact) mass is 403 g/mol. The number of anilines is 2. The Morgan fingerprint density at radius 3 is 2.69 bits per heavy atom. The highest BCUT2D eigenvalue weighted by atomic mass is 32.1. The van der Waals surface area contributed by atoms with Crippen molar-refractivity contribution < 1.29 is 4.79 Å². The van der Waals surface area contributed by atoms with Gasteiger partial charge < -0.3 is 9.88 Å². The van der Waals surface area contributed by atoms with Gasteiger partial charge >= 0.3 is 0 Å². The van der Waals surface area contributed by atoms with Gasteiger partial charge in [0.05, 0.1) is 11.9 Å². The molecule has 0 saturated carbocycles. The number of hydrogen-bond acceptors (Lipinski definition) is 5. The summed E-state index contributed by atoms with van der Waals surface area (Å²) < 4.78 is 2.17. The van der Waals surface area contributed by atoms with Crippen molar-refractivity contribution in [3.05, 3.63) is 65.2 Å². The Morgan fingerprint density at radius 2 is 1.93 bits per heavy atom. The first kappa shape index (κ1) is 18.9. The van der Waals surface area contributed by atoms with Gasteiger partial charge in [-0.2, -0.15) is 5.10 Å². The summed E-state index contributed by atoms with van der Waals surface area (Å²) in [5.74, 6) is -0.0859. The number of fused-ring (bicyclic) bond motifs is 1. The fraction of sp³-hybridized carbons (Fsp3) is 0.136. The van der Waals surface area contributed by atoms with Crippen molar-refractivity contribution in [1.82, 2.24) is 9.55 Å². The Kier molecular flexibility index (Phi) is 5.14. The molecule has 0 bridgehead atoms.